The van der Waals surface area contributed by atoms with Crippen LogP contribution in [0.3, 0.4) is 0 Å². The molecule has 1 aliphatic rings. The Morgan fingerprint density at radius 1 is 1.53 bits per heavy atom. The Morgan fingerprint density at radius 3 is 3.00 bits per heavy atom. The summed E-state index contributed by atoms with van der Waals surface area (Å²) in [5.74, 6) is 0.0309. The molecule has 1 atom stereocenters. The minimum atomic E-state index is -0.0816. The van der Waals surface area contributed by atoms with Crippen LogP contribution in [0.5, 0.6) is 0 Å². The van der Waals surface area contributed by atoms with Crippen LogP contribution >= 0.6 is 11.6 Å². The zero-order chi connectivity index (χ0) is 13.8. The predicted octanol–water partition coefficient (Wildman–Crippen LogP) is 1.94. The van der Waals surface area contributed by atoms with E-state index in [1.54, 1.807) is 29.2 Å². The minimum absolute atomic E-state index is 0.0714. The molecule has 6 heteroatoms. The number of nitrogens with two attached hydrogens (primary N) is 1. The van der Waals surface area contributed by atoms with Crippen LogP contribution in [0.25, 0.3) is 0 Å². The Bertz CT molecular complexity index is 504. The molecule has 0 spiro atoms. The van der Waals surface area contributed by atoms with Gasteiger partial charge in [-0.2, -0.15) is 0 Å². The summed E-state index contributed by atoms with van der Waals surface area (Å²) in [5.41, 5.74) is 6.18. The van der Waals surface area contributed by atoms with Crippen LogP contribution in [0.15, 0.2) is 29.4 Å². The van der Waals surface area contributed by atoms with Crippen LogP contribution in [0.1, 0.15) is 23.2 Å². The monoisotopic (exact) mass is 281 g/mol. The Balaban J connectivity index is 2.11. The molecule has 102 valence electrons. The Morgan fingerprint density at radius 2 is 2.32 bits per heavy atom. The van der Waals surface area contributed by atoms with Crippen molar-refractivity contribution in [2.75, 3.05) is 13.1 Å². The van der Waals surface area contributed by atoms with Gasteiger partial charge in [0.1, 0.15) is 5.84 Å². The number of halogens is 1. The van der Waals surface area contributed by atoms with Gasteiger partial charge in [0.2, 0.25) is 0 Å². The maximum atomic E-state index is 12.3. The van der Waals surface area contributed by atoms with Crippen LogP contribution in [0.2, 0.25) is 5.02 Å². The summed E-state index contributed by atoms with van der Waals surface area (Å²) in [5, 5.41) is 12.3. The van der Waals surface area contributed by atoms with Crippen molar-refractivity contribution in [2.24, 2.45) is 16.8 Å². The highest BCUT2D eigenvalue weighted by molar-refractivity contribution is 6.30. The number of carbonyl (C=O) groups excluding carboxylic acids is 1. The van der Waals surface area contributed by atoms with Crippen molar-refractivity contribution in [1.82, 2.24) is 4.90 Å². The van der Waals surface area contributed by atoms with Gasteiger partial charge in [0, 0.05) is 29.6 Å². The smallest absolute Gasteiger partial charge is 0.253 e. The fourth-order valence-corrected chi connectivity index (χ4v) is 2.48. The fraction of sp³-hybridized carbons (Fsp3) is 0.385. The van der Waals surface area contributed by atoms with Crippen molar-refractivity contribution in [3.8, 4) is 0 Å². The first-order chi connectivity index (χ1) is 9.11. The zero-order valence-electron chi connectivity index (χ0n) is 10.4. The molecule has 1 aliphatic heterocycles. The van der Waals surface area contributed by atoms with E-state index in [1.807, 2.05) is 0 Å². The molecule has 1 amide bonds. The van der Waals surface area contributed by atoms with Gasteiger partial charge >= 0.3 is 0 Å². The first kappa shape index (κ1) is 13.7. The molecule has 5 nitrogen and oxygen atoms in total. The third-order valence-corrected chi connectivity index (χ3v) is 3.55. The molecule has 3 N–H and O–H groups in total. The van der Waals surface area contributed by atoms with E-state index in [2.05, 4.69) is 5.16 Å². The van der Waals surface area contributed by atoms with Gasteiger partial charge in [0.25, 0.3) is 5.91 Å². The van der Waals surface area contributed by atoms with Crippen LogP contribution in [0, 0.1) is 5.92 Å². The molecule has 19 heavy (non-hydrogen) atoms. The highest BCUT2D eigenvalue weighted by Gasteiger charge is 2.26. The number of likely N-dealkylation sites (tertiary alicyclic amines) is 1. The van der Waals surface area contributed by atoms with E-state index in [4.69, 9.17) is 22.5 Å². The van der Waals surface area contributed by atoms with Crippen LogP contribution in [-0.2, 0) is 0 Å². The van der Waals surface area contributed by atoms with E-state index in [0.717, 1.165) is 12.8 Å². The maximum Gasteiger partial charge on any atom is 0.253 e. The molecule has 0 aliphatic carbocycles. The highest BCUT2D eigenvalue weighted by atomic mass is 35.5. The second kappa shape index (κ2) is 5.93. The average molecular weight is 282 g/mol. The van der Waals surface area contributed by atoms with Crippen molar-refractivity contribution < 1.29 is 10.0 Å². The molecule has 1 aromatic rings. The summed E-state index contributed by atoms with van der Waals surface area (Å²) in [7, 11) is 0. The predicted molar refractivity (Wildman–Crippen MR) is 73.5 cm³/mol. The number of benzene rings is 1. The molecule has 1 saturated heterocycles. The summed E-state index contributed by atoms with van der Waals surface area (Å²) in [6.45, 7) is 1.15. The van der Waals surface area contributed by atoms with Gasteiger partial charge in [-0.3, -0.25) is 4.79 Å². The number of nitrogens with zero attached hydrogens (tertiary/aromatic N) is 2. The Labute approximate surface area is 116 Å². The van der Waals surface area contributed by atoms with Gasteiger partial charge in [-0.25, -0.2) is 0 Å². The van der Waals surface area contributed by atoms with E-state index in [9.17, 15) is 4.79 Å². The molecule has 0 radical (unpaired) electrons. The number of hydrogen-bond donors (Lipinski definition) is 2. The lowest BCUT2D eigenvalue weighted by Gasteiger charge is -2.32. The van der Waals surface area contributed by atoms with Crippen molar-refractivity contribution >= 4 is 23.3 Å². The molecular weight excluding hydrogens is 266 g/mol. The maximum absolute atomic E-state index is 12.3. The number of amides is 1. The summed E-state index contributed by atoms with van der Waals surface area (Å²) in [4.78, 5) is 14.1. The summed E-state index contributed by atoms with van der Waals surface area (Å²) >= 11 is 5.89. The van der Waals surface area contributed by atoms with Crippen molar-refractivity contribution in [1.29, 1.82) is 0 Å². The lowest BCUT2D eigenvalue weighted by atomic mass is 9.96. The van der Waals surface area contributed by atoms with Crippen LogP contribution < -0.4 is 5.73 Å². The zero-order valence-corrected chi connectivity index (χ0v) is 11.2. The number of hydrogen-bond acceptors (Lipinski definition) is 3. The third kappa shape index (κ3) is 3.17. The largest absolute Gasteiger partial charge is 0.409 e. The number of oxime groups is 1. The molecule has 1 fully saturated rings. The standard InChI is InChI=1S/C13H16ClN3O2/c14-11-5-1-3-9(7-11)13(18)17-6-2-4-10(8-17)12(15)16-19/h1,3,5,7,10,19H,2,4,6,8H2,(H2,15,16). The summed E-state index contributed by atoms with van der Waals surface area (Å²) < 4.78 is 0. The van der Waals surface area contributed by atoms with Gasteiger partial charge in [-0.05, 0) is 31.0 Å². The van der Waals surface area contributed by atoms with Crippen molar-refractivity contribution in [2.45, 2.75) is 12.8 Å². The Hall–Kier alpha value is -1.75. The molecule has 1 aromatic carbocycles. The number of carbonyl (C=O) groups is 1. The molecule has 2 rings (SSSR count). The van der Waals surface area contributed by atoms with E-state index in [0.29, 0.717) is 23.7 Å². The van der Waals surface area contributed by atoms with E-state index < -0.39 is 0 Å². The number of piperidine rings is 1. The van der Waals surface area contributed by atoms with Gasteiger partial charge < -0.3 is 15.8 Å². The normalized spacial score (nSPS) is 20.4. The molecule has 0 saturated carbocycles. The first-order valence-corrected chi connectivity index (χ1v) is 6.52. The van der Waals surface area contributed by atoms with Crippen molar-refractivity contribution in [3.05, 3.63) is 34.9 Å². The first-order valence-electron chi connectivity index (χ1n) is 6.14. The second-order valence-electron chi connectivity index (χ2n) is 4.63. The van der Waals surface area contributed by atoms with E-state index >= 15 is 0 Å². The Kier molecular flexibility index (Phi) is 4.27. The molecule has 0 bridgehead atoms. The molecular formula is C13H16ClN3O2. The average Bonchev–Trinajstić information content (AvgIpc) is 2.45. The minimum Gasteiger partial charge on any atom is -0.409 e. The molecule has 1 unspecified atom stereocenters. The van der Waals surface area contributed by atoms with E-state index in [-0.39, 0.29) is 17.7 Å². The summed E-state index contributed by atoms with van der Waals surface area (Å²) in [6.07, 6.45) is 1.67. The van der Waals surface area contributed by atoms with Gasteiger partial charge in [0.15, 0.2) is 0 Å². The van der Waals surface area contributed by atoms with Crippen LogP contribution in [-0.4, -0.2) is 34.9 Å². The van der Waals surface area contributed by atoms with Gasteiger partial charge in [0.05, 0.1) is 0 Å². The topological polar surface area (TPSA) is 78.9 Å². The van der Waals surface area contributed by atoms with Crippen LogP contribution in [0.4, 0.5) is 0 Å². The van der Waals surface area contributed by atoms with E-state index in [1.165, 1.54) is 0 Å². The highest BCUT2D eigenvalue weighted by Crippen LogP contribution is 2.20. The number of rotatable bonds is 2. The summed E-state index contributed by atoms with van der Waals surface area (Å²) in [6, 6.07) is 6.87. The fourth-order valence-electron chi connectivity index (χ4n) is 2.29. The van der Waals surface area contributed by atoms with Crippen molar-refractivity contribution in [3.63, 3.8) is 0 Å². The SMILES string of the molecule is NC(=NO)C1CCCN(C(=O)c2cccc(Cl)c2)C1. The molecule has 1 heterocycles. The number of amidine groups is 1. The van der Waals surface area contributed by atoms with Gasteiger partial charge in [-0.1, -0.05) is 22.8 Å². The lowest BCUT2D eigenvalue weighted by molar-refractivity contribution is 0.0701. The van der Waals surface area contributed by atoms with Gasteiger partial charge in [-0.15, -0.1) is 0 Å². The second-order valence-corrected chi connectivity index (χ2v) is 5.06. The molecule has 0 aromatic heterocycles. The lowest BCUT2D eigenvalue weighted by Crippen LogP contribution is -2.44. The third-order valence-electron chi connectivity index (χ3n) is 3.31. The quantitative estimate of drug-likeness (QED) is 0.376.